The molecule has 2 heterocycles. The van der Waals surface area contributed by atoms with Gasteiger partial charge in [0.15, 0.2) is 5.13 Å². The highest BCUT2D eigenvalue weighted by Gasteiger charge is 2.32. The Kier molecular flexibility index (Phi) is 3.64. The standard InChI is InChI=1S/C14H16N4OS/c15-14-17-11(9-20-14)7-13(19)18(12-4-5-12)8-10-3-1-2-6-16-10/h1-3,6,9,12H,4-5,7-8H2,(H2,15,17). The van der Waals surface area contributed by atoms with Crippen molar-refractivity contribution in [3.05, 3.63) is 41.2 Å². The van der Waals surface area contributed by atoms with Gasteiger partial charge in [-0.05, 0) is 25.0 Å². The van der Waals surface area contributed by atoms with E-state index in [0.717, 1.165) is 24.2 Å². The Bertz CT molecular complexity index is 594. The second-order valence-corrected chi connectivity index (χ2v) is 5.82. The molecular formula is C14H16N4OS. The summed E-state index contributed by atoms with van der Waals surface area (Å²) in [5, 5.41) is 2.36. The summed E-state index contributed by atoms with van der Waals surface area (Å²) in [6, 6.07) is 6.13. The van der Waals surface area contributed by atoms with Gasteiger partial charge in [0.1, 0.15) is 0 Å². The number of pyridine rings is 1. The lowest BCUT2D eigenvalue weighted by molar-refractivity contribution is -0.131. The smallest absolute Gasteiger partial charge is 0.229 e. The maximum absolute atomic E-state index is 12.4. The van der Waals surface area contributed by atoms with Crippen LogP contribution >= 0.6 is 11.3 Å². The van der Waals surface area contributed by atoms with Gasteiger partial charge >= 0.3 is 0 Å². The molecule has 104 valence electrons. The van der Waals surface area contributed by atoms with Gasteiger partial charge < -0.3 is 10.6 Å². The lowest BCUT2D eigenvalue weighted by Crippen LogP contribution is -2.34. The van der Waals surface area contributed by atoms with E-state index in [0.29, 0.717) is 24.1 Å². The number of thiazole rings is 1. The van der Waals surface area contributed by atoms with Crippen molar-refractivity contribution >= 4 is 22.4 Å². The monoisotopic (exact) mass is 288 g/mol. The van der Waals surface area contributed by atoms with Crippen LogP contribution in [0.5, 0.6) is 0 Å². The lowest BCUT2D eigenvalue weighted by Gasteiger charge is -2.21. The number of carbonyl (C=O) groups is 1. The molecule has 2 aromatic rings. The summed E-state index contributed by atoms with van der Waals surface area (Å²) in [5.41, 5.74) is 7.27. The zero-order valence-corrected chi connectivity index (χ0v) is 11.8. The van der Waals surface area contributed by atoms with Crippen LogP contribution in [0.25, 0.3) is 0 Å². The first-order chi connectivity index (χ1) is 9.72. The third-order valence-electron chi connectivity index (χ3n) is 3.27. The van der Waals surface area contributed by atoms with Crippen LogP contribution in [0, 0.1) is 0 Å². The SMILES string of the molecule is Nc1nc(CC(=O)N(Cc2ccccn2)C2CC2)cs1. The molecule has 5 nitrogen and oxygen atoms in total. The molecule has 1 aliphatic rings. The molecule has 0 unspecified atom stereocenters. The number of hydrogen-bond acceptors (Lipinski definition) is 5. The van der Waals surface area contributed by atoms with E-state index in [2.05, 4.69) is 9.97 Å². The lowest BCUT2D eigenvalue weighted by atomic mass is 10.2. The Morgan fingerprint density at radius 3 is 2.85 bits per heavy atom. The fraction of sp³-hybridized carbons (Fsp3) is 0.357. The van der Waals surface area contributed by atoms with Gasteiger partial charge in [0.25, 0.3) is 0 Å². The normalized spacial score (nSPS) is 14.2. The molecule has 1 aliphatic carbocycles. The predicted octanol–water partition coefficient (Wildman–Crippen LogP) is 1.85. The zero-order chi connectivity index (χ0) is 13.9. The molecule has 2 N–H and O–H groups in total. The van der Waals surface area contributed by atoms with Crippen molar-refractivity contribution in [1.29, 1.82) is 0 Å². The molecule has 0 saturated heterocycles. The number of amides is 1. The third-order valence-corrected chi connectivity index (χ3v) is 3.99. The van der Waals surface area contributed by atoms with Crippen LogP contribution in [-0.2, 0) is 17.8 Å². The number of rotatable bonds is 5. The van der Waals surface area contributed by atoms with Crippen molar-refractivity contribution in [3.63, 3.8) is 0 Å². The number of aromatic nitrogens is 2. The van der Waals surface area contributed by atoms with Crippen LogP contribution in [0.3, 0.4) is 0 Å². The summed E-state index contributed by atoms with van der Waals surface area (Å²) >= 11 is 1.37. The summed E-state index contributed by atoms with van der Waals surface area (Å²) in [4.78, 5) is 22.8. The van der Waals surface area contributed by atoms with Gasteiger partial charge in [0.05, 0.1) is 24.4 Å². The van der Waals surface area contributed by atoms with Crippen molar-refractivity contribution in [3.8, 4) is 0 Å². The van der Waals surface area contributed by atoms with Crippen LogP contribution in [0.15, 0.2) is 29.8 Å². The van der Waals surface area contributed by atoms with E-state index >= 15 is 0 Å². The molecule has 0 atom stereocenters. The number of nitrogens with zero attached hydrogens (tertiary/aromatic N) is 3. The van der Waals surface area contributed by atoms with E-state index < -0.39 is 0 Å². The first-order valence-corrected chi connectivity index (χ1v) is 7.49. The summed E-state index contributed by atoms with van der Waals surface area (Å²) in [6.07, 6.45) is 4.23. The minimum atomic E-state index is 0.100. The average molecular weight is 288 g/mol. The Balaban J connectivity index is 1.69. The molecule has 20 heavy (non-hydrogen) atoms. The Morgan fingerprint density at radius 1 is 1.40 bits per heavy atom. The molecule has 0 radical (unpaired) electrons. The number of hydrogen-bond donors (Lipinski definition) is 1. The second-order valence-electron chi connectivity index (χ2n) is 4.93. The first-order valence-electron chi connectivity index (χ1n) is 6.61. The molecule has 0 bridgehead atoms. The van der Waals surface area contributed by atoms with E-state index in [-0.39, 0.29) is 5.91 Å². The molecule has 0 aromatic carbocycles. The fourth-order valence-electron chi connectivity index (χ4n) is 2.13. The van der Waals surface area contributed by atoms with Crippen LogP contribution < -0.4 is 5.73 Å². The molecule has 0 spiro atoms. The Labute approximate surface area is 121 Å². The van der Waals surface area contributed by atoms with Crippen LogP contribution in [-0.4, -0.2) is 26.8 Å². The van der Waals surface area contributed by atoms with Crippen molar-refractivity contribution in [1.82, 2.24) is 14.9 Å². The van der Waals surface area contributed by atoms with Crippen molar-refractivity contribution in [2.45, 2.75) is 31.8 Å². The van der Waals surface area contributed by atoms with E-state index in [1.807, 2.05) is 28.5 Å². The van der Waals surface area contributed by atoms with E-state index in [4.69, 9.17) is 5.73 Å². The maximum atomic E-state index is 12.4. The Hall–Kier alpha value is -1.95. The predicted molar refractivity (Wildman–Crippen MR) is 78.0 cm³/mol. The van der Waals surface area contributed by atoms with Gasteiger partial charge in [-0.3, -0.25) is 9.78 Å². The molecule has 0 aliphatic heterocycles. The Morgan fingerprint density at radius 2 is 2.25 bits per heavy atom. The van der Waals surface area contributed by atoms with Crippen LogP contribution in [0.2, 0.25) is 0 Å². The minimum absolute atomic E-state index is 0.100. The highest BCUT2D eigenvalue weighted by atomic mass is 32.1. The maximum Gasteiger partial charge on any atom is 0.229 e. The molecule has 2 aromatic heterocycles. The highest BCUT2D eigenvalue weighted by Crippen LogP contribution is 2.29. The van der Waals surface area contributed by atoms with Gasteiger partial charge in [-0.2, -0.15) is 0 Å². The highest BCUT2D eigenvalue weighted by molar-refractivity contribution is 7.13. The quantitative estimate of drug-likeness (QED) is 0.911. The van der Waals surface area contributed by atoms with E-state index in [9.17, 15) is 4.79 Å². The van der Waals surface area contributed by atoms with Gasteiger partial charge in [0.2, 0.25) is 5.91 Å². The number of nitrogens with two attached hydrogens (primary N) is 1. The van der Waals surface area contributed by atoms with Gasteiger partial charge in [-0.1, -0.05) is 6.07 Å². The first kappa shape index (κ1) is 13.1. The largest absolute Gasteiger partial charge is 0.375 e. The third kappa shape index (κ3) is 3.14. The molecule has 3 rings (SSSR count). The molecule has 1 amide bonds. The summed E-state index contributed by atoms with van der Waals surface area (Å²) in [7, 11) is 0. The molecule has 1 saturated carbocycles. The van der Waals surface area contributed by atoms with Crippen LogP contribution in [0.4, 0.5) is 5.13 Å². The van der Waals surface area contributed by atoms with Gasteiger partial charge in [-0.25, -0.2) is 4.98 Å². The minimum Gasteiger partial charge on any atom is -0.375 e. The number of anilines is 1. The van der Waals surface area contributed by atoms with Crippen LogP contribution in [0.1, 0.15) is 24.2 Å². The van der Waals surface area contributed by atoms with Gasteiger partial charge in [-0.15, -0.1) is 11.3 Å². The molecule has 6 heteroatoms. The number of carbonyl (C=O) groups excluding carboxylic acids is 1. The molecule has 1 fully saturated rings. The van der Waals surface area contributed by atoms with E-state index in [1.165, 1.54) is 11.3 Å². The second kappa shape index (κ2) is 5.58. The van der Waals surface area contributed by atoms with E-state index in [1.54, 1.807) is 6.20 Å². The molecular weight excluding hydrogens is 272 g/mol. The zero-order valence-electron chi connectivity index (χ0n) is 11.0. The number of nitrogen functional groups attached to an aromatic ring is 1. The average Bonchev–Trinajstić information content (AvgIpc) is 3.21. The summed E-state index contributed by atoms with van der Waals surface area (Å²) in [6.45, 7) is 0.573. The van der Waals surface area contributed by atoms with Gasteiger partial charge in [0, 0.05) is 17.6 Å². The summed E-state index contributed by atoms with van der Waals surface area (Å²) < 4.78 is 0. The topological polar surface area (TPSA) is 72.1 Å². The van der Waals surface area contributed by atoms with Crippen molar-refractivity contribution in [2.75, 3.05) is 5.73 Å². The summed E-state index contributed by atoms with van der Waals surface area (Å²) in [5.74, 6) is 0.100. The fourth-order valence-corrected chi connectivity index (χ4v) is 2.70. The van der Waals surface area contributed by atoms with Crippen molar-refractivity contribution < 1.29 is 4.79 Å². The van der Waals surface area contributed by atoms with Crippen molar-refractivity contribution in [2.24, 2.45) is 0 Å².